The summed E-state index contributed by atoms with van der Waals surface area (Å²) >= 11 is 0. The van der Waals surface area contributed by atoms with Gasteiger partial charge in [0.05, 0.1) is 23.5 Å². The first kappa shape index (κ1) is 22.6. The molecule has 0 radical (unpaired) electrons. The first-order valence-electron chi connectivity index (χ1n) is 10.6. The number of carbonyl (C=O) groups excluding carboxylic acids is 2. The molecule has 0 spiro atoms. The number of amides is 2. The minimum atomic E-state index is -3.70. The van der Waals surface area contributed by atoms with Crippen LogP contribution >= 0.6 is 0 Å². The molecule has 1 unspecified atom stereocenters. The van der Waals surface area contributed by atoms with Crippen LogP contribution < -0.4 is 10.1 Å². The molecule has 1 N–H and O–H groups in total. The van der Waals surface area contributed by atoms with Crippen molar-refractivity contribution < 1.29 is 22.7 Å². The maximum absolute atomic E-state index is 13.3. The number of hydrogen-bond acceptors (Lipinski definition) is 5. The van der Waals surface area contributed by atoms with Crippen LogP contribution in [0, 0.1) is 5.92 Å². The number of piperidine rings is 1. The molecule has 166 valence electrons. The highest BCUT2D eigenvalue weighted by Gasteiger charge is 2.33. The van der Waals surface area contributed by atoms with Crippen molar-refractivity contribution in [1.29, 1.82) is 0 Å². The fourth-order valence-corrected chi connectivity index (χ4v) is 5.30. The van der Waals surface area contributed by atoms with Gasteiger partial charge in [-0.05, 0) is 43.9 Å². The predicted octanol–water partition coefficient (Wildman–Crippen LogP) is 1.86. The molecular formula is C21H31N3O5S. The van der Waals surface area contributed by atoms with Crippen LogP contribution in [0.25, 0.3) is 0 Å². The normalized spacial score (nSPS) is 19.6. The monoisotopic (exact) mass is 437 g/mol. The summed E-state index contributed by atoms with van der Waals surface area (Å²) < 4.78 is 32.5. The largest absolute Gasteiger partial charge is 0.496 e. The van der Waals surface area contributed by atoms with Crippen molar-refractivity contribution in [3.8, 4) is 5.75 Å². The average molecular weight is 438 g/mol. The maximum atomic E-state index is 13.3. The topological polar surface area (TPSA) is 96.0 Å². The van der Waals surface area contributed by atoms with E-state index in [1.807, 2.05) is 0 Å². The molecule has 3 rings (SSSR count). The van der Waals surface area contributed by atoms with E-state index in [9.17, 15) is 18.0 Å². The second kappa shape index (κ2) is 9.34. The van der Waals surface area contributed by atoms with Gasteiger partial charge in [0, 0.05) is 32.2 Å². The van der Waals surface area contributed by atoms with Crippen molar-refractivity contribution in [3.63, 3.8) is 0 Å². The second-order valence-electron chi connectivity index (χ2n) is 7.82. The molecule has 2 amide bonds. The van der Waals surface area contributed by atoms with E-state index >= 15 is 0 Å². The van der Waals surface area contributed by atoms with Crippen LogP contribution in [-0.4, -0.2) is 68.8 Å². The Labute approximate surface area is 178 Å². The van der Waals surface area contributed by atoms with Gasteiger partial charge in [0.15, 0.2) is 0 Å². The third kappa shape index (κ3) is 4.78. The van der Waals surface area contributed by atoms with E-state index in [0.717, 1.165) is 25.7 Å². The highest BCUT2D eigenvalue weighted by Crippen LogP contribution is 2.28. The molecule has 1 saturated heterocycles. The molecule has 1 atom stereocenters. The van der Waals surface area contributed by atoms with E-state index in [1.54, 1.807) is 18.7 Å². The maximum Gasteiger partial charge on any atom is 0.257 e. The van der Waals surface area contributed by atoms with Gasteiger partial charge in [0.25, 0.3) is 5.91 Å². The summed E-state index contributed by atoms with van der Waals surface area (Å²) in [5.41, 5.74) is 0.203. The molecule has 1 aliphatic heterocycles. The summed E-state index contributed by atoms with van der Waals surface area (Å²) in [4.78, 5) is 27.4. The van der Waals surface area contributed by atoms with Crippen molar-refractivity contribution in [2.24, 2.45) is 5.92 Å². The first-order chi connectivity index (χ1) is 14.3. The molecule has 1 aliphatic carbocycles. The fourth-order valence-electron chi connectivity index (χ4n) is 3.82. The van der Waals surface area contributed by atoms with E-state index in [0.29, 0.717) is 31.9 Å². The van der Waals surface area contributed by atoms with E-state index < -0.39 is 10.0 Å². The molecule has 1 aromatic rings. The zero-order valence-electron chi connectivity index (χ0n) is 17.9. The Morgan fingerprint density at radius 2 is 1.90 bits per heavy atom. The molecule has 8 nitrogen and oxygen atoms in total. The molecule has 1 aromatic carbocycles. The Kier molecular flexibility index (Phi) is 7.02. The lowest BCUT2D eigenvalue weighted by molar-refractivity contribution is -0.126. The van der Waals surface area contributed by atoms with E-state index in [-0.39, 0.29) is 34.2 Å². The van der Waals surface area contributed by atoms with Gasteiger partial charge in [0.2, 0.25) is 15.9 Å². The SMILES string of the molecule is CCN(CC)S(=O)(=O)c1ccc(OC)c(C(=O)N2CCCC(C(=O)NC3CC3)C2)c1. The number of hydrogen-bond donors (Lipinski definition) is 1. The summed E-state index contributed by atoms with van der Waals surface area (Å²) in [5, 5.41) is 3.01. The van der Waals surface area contributed by atoms with Crippen LogP contribution in [0.3, 0.4) is 0 Å². The van der Waals surface area contributed by atoms with Crippen molar-refractivity contribution in [2.45, 2.75) is 50.5 Å². The van der Waals surface area contributed by atoms with Crippen LogP contribution in [0.15, 0.2) is 23.1 Å². The molecule has 2 fully saturated rings. The van der Waals surface area contributed by atoms with Crippen molar-refractivity contribution in [1.82, 2.24) is 14.5 Å². The molecule has 1 heterocycles. The van der Waals surface area contributed by atoms with Gasteiger partial charge in [-0.2, -0.15) is 4.31 Å². The van der Waals surface area contributed by atoms with Crippen LogP contribution in [0.4, 0.5) is 0 Å². The predicted molar refractivity (Wildman–Crippen MR) is 113 cm³/mol. The summed E-state index contributed by atoms with van der Waals surface area (Å²) in [7, 11) is -2.25. The molecule has 0 bridgehead atoms. The number of sulfonamides is 1. The number of methoxy groups -OCH3 is 1. The molecule has 2 aliphatic rings. The Bertz CT molecular complexity index is 894. The highest BCUT2D eigenvalue weighted by molar-refractivity contribution is 7.89. The minimum absolute atomic E-state index is 0.000160. The Balaban J connectivity index is 1.84. The quantitative estimate of drug-likeness (QED) is 0.670. The number of carbonyl (C=O) groups is 2. The van der Waals surface area contributed by atoms with Crippen molar-refractivity contribution in [2.75, 3.05) is 33.3 Å². The zero-order chi connectivity index (χ0) is 21.9. The average Bonchev–Trinajstić information content (AvgIpc) is 3.57. The number of ether oxygens (including phenoxy) is 1. The lowest BCUT2D eigenvalue weighted by atomic mass is 9.96. The lowest BCUT2D eigenvalue weighted by Crippen LogP contribution is -2.46. The second-order valence-corrected chi connectivity index (χ2v) is 9.76. The summed E-state index contributed by atoms with van der Waals surface area (Å²) in [6.45, 7) is 5.10. The van der Waals surface area contributed by atoms with Gasteiger partial charge in [-0.1, -0.05) is 13.8 Å². The smallest absolute Gasteiger partial charge is 0.257 e. The number of nitrogens with zero attached hydrogens (tertiary/aromatic N) is 2. The Morgan fingerprint density at radius 3 is 2.50 bits per heavy atom. The molecule has 1 saturated carbocycles. The van der Waals surface area contributed by atoms with Crippen LogP contribution in [0.1, 0.15) is 49.9 Å². The van der Waals surface area contributed by atoms with Gasteiger partial charge in [-0.15, -0.1) is 0 Å². The van der Waals surface area contributed by atoms with Gasteiger partial charge < -0.3 is 15.0 Å². The Morgan fingerprint density at radius 1 is 1.20 bits per heavy atom. The number of benzene rings is 1. The lowest BCUT2D eigenvalue weighted by Gasteiger charge is -2.32. The van der Waals surface area contributed by atoms with Gasteiger partial charge in [0.1, 0.15) is 5.75 Å². The Hall–Kier alpha value is -2.13. The number of likely N-dealkylation sites (tertiary alicyclic amines) is 1. The minimum Gasteiger partial charge on any atom is -0.496 e. The number of nitrogens with one attached hydrogen (secondary N) is 1. The van der Waals surface area contributed by atoms with Gasteiger partial charge in [-0.3, -0.25) is 9.59 Å². The summed E-state index contributed by atoms with van der Waals surface area (Å²) in [5.74, 6) is -0.230. The fraction of sp³-hybridized carbons (Fsp3) is 0.619. The molecule has 30 heavy (non-hydrogen) atoms. The molecular weight excluding hydrogens is 406 g/mol. The van der Waals surface area contributed by atoms with Crippen molar-refractivity contribution in [3.05, 3.63) is 23.8 Å². The standard InChI is InChI=1S/C21H31N3O5S/c1-4-24(5-2)30(27,28)17-10-11-19(29-3)18(13-17)21(26)23-12-6-7-15(14-23)20(25)22-16-8-9-16/h10-11,13,15-16H,4-9,12,14H2,1-3H3,(H,22,25). The highest BCUT2D eigenvalue weighted by atomic mass is 32.2. The summed E-state index contributed by atoms with van der Waals surface area (Å²) in [6, 6.07) is 4.66. The third-order valence-corrected chi connectivity index (χ3v) is 7.79. The summed E-state index contributed by atoms with van der Waals surface area (Å²) in [6.07, 6.45) is 3.52. The van der Waals surface area contributed by atoms with Crippen LogP contribution in [-0.2, 0) is 14.8 Å². The van der Waals surface area contributed by atoms with Gasteiger partial charge in [-0.25, -0.2) is 8.42 Å². The van der Waals surface area contributed by atoms with E-state index in [2.05, 4.69) is 5.32 Å². The number of rotatable bonds is 8. The van der Waals surface area contributed by atoms with E-state index in [4.69, 9.17) is 4.74 Å². The zero-order valence-corrected chi connectivity index (χ0v) is 18.7. The third-order valence-electron chi connectivity index (χ3n) is 5.75. The molecule has 0 aromatic heterocycles. The van der Waals surface area contributed by atoms with E-state index in [1.165, 1.54) is 29.6 Å². The van der Waals surface area contributed by atoms with Crippen LogP contribution in [0.5, 0.6) is 5.75 Å². The molecule has 9 heteroatoms. The van der Waals surface area contributed by atoms with Crippen molar-refractivity contribution >= 4 is 21.8 Å². The first-order valence-corrected chi connectivity index (χ1v) is 12.0. The van der Waals surface area contributed by atoms with Crippen LogP contribution in [0.2, 0.25) is 0 Å². The van der Waals surface area contributed by atoms with Gasteiger partial charge >= 0.3 is 0 Å².